The molecule has 1 aromatic carbocycles. The minimum atomic E-state index is -1.16. The molecule has 1 spiro atoms. The van der Waals surface area contributed by atoms with E-state index < -0.39 is 35.0 Å². The highest BCUT2D eigenvalue weighted by atomic mass is 35.5. The number of halogens is 1. The van der Waals surface area contributed by atoms with Gasteiger partial charge < -0.3 is 24.4 Å². The lowest BCUT2D eigenvalue weighted by molar-refractivity contribution is -0.161. The zero-order valence-corrected chi connectivity index (χ0v) is 23.4. The van der Waals surface area contributed by atoms with Crippen LogP contribution < -0.4 is 4.90 Å². The minimum absolute atomic E-state index is 0.0213. The standard InChI is InChI=1S/C30H39ClN2O6/c1-4-7-12-20-38-28(37)24-23-26(35)33(18-10-11-19-34)25(30(23)16-15-29(24,6-3)39-30)27(36)32(17-5-2)22-14-9-8-13-21(22)31/h4-5,8-9,13-14,23-25,34H,1-2,6-7,10-12,15-20H2,3H3/t23-,24-,25?,29+,30?/m0/s1. The molecule has 1 N–H and O–H groups in total. The number of para-hydroxylation sites is 1. The van der Waals surface area contributed by atoms with Crippen LogP contribution in [0.5, 0.6) is 0 Å². The van der Waals surface area contributed by atoms with E-state index in [0.29, 0.717) is 49.2 Å². The number of unbranched alkanes of at least 4 members (excludes halogenated alkanes) is 2. The van der Waals surface area contributed by atoms with Gasteiger partial charge in [0.05, 0.1) is 28.8 Å². The highest BCUT2D eigenvalue weighted by molar-refractivity contribution is 6.34. The molecule has 2 bridgehead atoms. The van der Waals surface area contributed by atoms with Crippen molar-refractivity contribution in [1.82, 2.24) is 4.90 Å². The first-order valence-corrected chi connectivity index (χ1v) is 14.3. The van der Waals surface area contributed by atoms with Crippen LogP contribution in [0.4, 0.5) is 5.69 Å². The maximum atomic E-state index is 14.5. The lowest BCUT2D eigenvalue weighted by Gasteiger charge is -2.37. The van der Waals surface area contributed by atoms with Crippen molar-refractivity contribution in [3.8, 4) is 0 Å². The number of likely N-dealkylation sites (tertiary alicyclic amines) is 1. The van der Waals surface area contributed by atoms with Crippen molar-refractivity contribution in [1.29, 1.82) is 0 Å². The molecular formula is C30H39ClN2O6. The Morgan fingerprint density at radius 3 is 2.67 bits per heavy atom. The zero-order chi connectivity index (χ0) is 28.2. The fraction of sp³-hybridized carbons (Fsp3) is 0.567. The normalized spacial score (nSPS) is 28.8. The van der Waals surface area contributed by atoms with Gasteiger partial charge in [-0.15, -0.1) is 13.2 Å². The van der Waals surface area contributed by atoms with Gasteiger partial charge in [-0.3, -0.25) is 14.4 Å². The number of hydrogen-bond acceptors (Lipinski definition) is 6. The summed E-state index contributed by atoms with van der Waals surface area (Å²) in [7, 11) is 0. The first-order chi connectivity index (χ1) is 18.8. The van der Waals surface area contributed by atoms with Gasteiger partial charge in [-0.25, -0.2) is 0 Å². The smallest absolute Gasteiger partial charge is 0.312 e. The summed E-state index contributed by atoms with van der Waals surface area (Å²) in [5, 5.41) is 9.79. The fourth-order valence-corrected chi connectivity index (χ4v) is 6.97. The quantitative estimate of drug-likeness (QED) is 0.208. The molecule has 212 valence electrons. The molecule has 3 heterocycles. The third-order valence-electron chi connectivity index (χ3n) is 8.49. The van der Waals surface area contributed by atoms with E-state index in [1.54, 1.807) is 46.2 Å². The molecule has 3 saturated heterocycles. The average Bonchev–Trinajstić information content (AvgIpc) is 3.54. The number of fused-ring (bicyclic) bond motifs is 1. The van der Waals surface area contributed by atoms with Gasteiger partial charge >= 0.3 is 5.97 Å². The molecule has 3 aliphatic heterocycles. The van der Waals surface area contributed by atoms with Crippen LogP contribution in [-0.2, 0) is 23.9 Å². The van der Waals surface area contributed by atoms with Crippen molar-refractivity contribution in [2.45, 2.75) is 69.1 Å². The predicted octanol–water partition coefficient (Wildman–Crippen LogP) is 4.30. The van der Waals surface area contributed by atoms with E-state index in [1.807, 2.05) is 6.92 Å². The molecule has 2 amide bonds. The van der Waals surface area contributed by atoms with E-state index in [1.165, 1.54) is 0 Å². The molecule has 0 radical (unpaired) electrons. The molecule has 1 aromatic rings. The largest absolute Gasteiger partial charge is 0.465 e. The number of rotatable bonds is 14. The first-order valence-electron chi connectivity index (χ1n) is 13.9. The average molecular weight is 559 g/mol. The van der Waals surface area contributed by atoms with Gasteiger partial charge in [0.25, 0.3) is 5.91 Å². The molecule has 4 rings (SSSR count). The van der Waals surface area contributed by atoms with Crippen LogP contribution in [0.25, 0.3) is 0 Å². The number of allylic oxidation sites excluding steroid dienone is 1. The van der Waals surface area contributed by atoms with Crippen LogP contribution in [0.1, 0.15) is 51.9 Å². The molecule has 2 unspecified atom stereocenters. The van der Waals surface area contributed by atoms with Crippen LogP contribution in [-0.4, -0.2) is 71.3 Å². The molecular weight excluding hydrogens is 520 g/mol. The summed E-state index contributed by atoms with van der Waals surface area (Å²) in [4.78, 5) is 45.3. The Bertz CT molecular complexity index is 1110. The Labute approximate surface area is 235 Å². The number of benzene rings is 1. The van der Waals surface area contributed by atoms with Crippen LogP contribution >= 0.6 is 11.6 Å². The lowest BCUT2D eigenvalue weighted by atomic mass is 9.65. The number of aliphatic hydroxyl groups excluding tert-OH is 1. The highest BCUT2D eigenvalue weighted by Crippen LogP contribution is 2.64. The Morgan fingerprint density at radius 2 is 2.00 bits per heavy atom. The number of amides is 2. The Balaban J connectivity index is 1.75. The number of hydrogen-bond donors (Lipinski definition) is 1. The molecule has 8 nitrogen and oxygen atoms in total. The second-order valence-electron chi connectivity index (χ2n) is 10.6. The van der Waals surface area contributed by atoms with Gasteiger partial charge in [0.1, 0.15) is 17.6 Å². The van der Waals surface area contributed by atoms with Gasteiger partial charge in [-0.1, -0.05) is 42.8 Å². The van der Waals surface area contributed by atoms with Crippen molar-refractivity contribution >= 4 is 35.1 Å². The van der Waals surface area contributed by atoms with Gasteiger partial charge in [0.15, 0.2) is 0 Å². The van der Waals surface area contributed by atoms with E-state index >= 15 is 0 Å². The SMILES string of the molecule is C=CCCCOC(=O)[C@@H]1[C@H]2C(=O)N(CCCCO)C(C(=O)N(CC=C)c3ccccc3Cl)C23CC[C@@]1(CC)O3. The lowest BCUT2D eigenvalue weighted by Crippen LogP contribution is -2.56. The summed E-state index contributed by atoms with van der Waals surface area (Å²) in [6, 6.07) is 6.11. The van der Waals surface area contributed by atoms with Crippen molar-refractivity contribution in [3.05, 3.63) is 54.6 Å². The summed E-state index contributed by atoms with van der Waals surface area (Å²) < 4.78 is 12.4. The molecule has 0 saturated carbocycles. The Kier molecular flexibility index (Phi) is 9.19. The first kappa shape index (κ1) is 29.3. The van der Waals surface area contributed by atoms with E-state index in [4.69, 9.17) is 21.1 Å². The van der Waals surface area contributed by atoms with Crippen molar-refractivity contribution in [2.24, 2.45) is 11.8 Å². The summed E-state index contributed by atoms with van der Waals surface area (Å²) >= 11 is 6.51. The zero-order valence-electron chi connectivity index (χ0n) is 22.6. The third-order valence-corrected chi connectivity index (χ3v) is 8.81. The number of esters is 1. The predicted molar refractivity (Wildman–Crippen MR) is 149 cm³/mol. The van der Waals surface area contributed by atoms with E-state index in [9.17, 15) is 19.5 Å². The number of anilines is 1. The summed E-state index contributed by atoms with van der Waals surface area (Å²) in [5.74, 6) is -2.66. The van der Waals surface area contributed by atoms with Crippen LogP contribution in [0, 0.1) is 11.8 Å². The van der Waals surface area contributed by atoms with Crippen molar-refractivity contribution in [2.75, 3.05) is 31.2 Å². The van der Waals surface area contributed by atoms with E-state index in [-0.39, 0.29) is 38.1 Å². The highest BCUT2D eigenvalue weighted by Gasteiger charge is 2.79. The molecule has 0 aromatic heterocycles. The Morgan fingerprint density at radius 1 is 1.23 bits per heavy atom. The molecule has 9 heteroatoms. The third kappa shape index (κ3) is 5.03. The fourth-order valence-electron chi connectivity index (χ4n) is 6.74. The minimum Gasteiger partial charge on any atom is -0.465 e. The number of carbonyl (C=O) groups is 3. The molecule has 3 aliphatic rings. The van der Waals surface area contributed by atoms with Crippen molar-refractivity contribution in [3.63, 3.8) is 0 Å². The number of ether oxygens (including phenoxy) is 2. The molecule has 0 aliphatic carbocycles. The second-order valence-corrected chi connectivity index (χ2v) is 11.0. The van der Waals surface area contributed by atoms with Crippen molar-refractivity contribution < 1.29 is 29.0 Å². The van der Waals surface area contributed by atoms with Gasteiger partial charge in [0, 0.05) is 19.7 Å². The molecule has 5 atom stereocenters. The maximum Gasteiger partial charge on any atom is 0.312 e. The van der Waals surface area contributed by atoms with Crippen LogP contribution in [0.2, 0.25) is 5.02 Å². The maximum absolute atomic E-state index is 14.5. The molecule has 3 fully saturated rings. The van der Waals surface area contributed by atoms with Gasteiger partial charge in [0.2, 0.25) is 5.91 Å². The van der Waals surface area contributed by atoms with Gasteiger partial charge in [-0.2, -0.15) is 0 Å². The van der Waals surface area contributed by atoms with Crippen LogP contribution in [0.15, 0.2) is 49.6 Å². The monoisotopic (exact) mass is 558 g/mol. The van der Waals surface area contributed by atoms with Gasteiger partial charge in [-0.05, 0) is 57.1 Å². The molecule has 39 heavy (non-hydrogen) atoms. The summed E-state index contributed by atoms with van der Waals surface area (Å²) in [5.41, 5.74) is -1.50. The second kappa shape index (κ2) is 12.2. The number of nitrogens with zero attached hydrogens (tertiary/aromatic N) is 2. The topological polar surface area (TPSA) is 96.4 Å². The number of aliphatic hydroxyl groups is 1. The summed E-state index contributed by atoms with van der Waals surface area (Å²) in [6.45, 7) is 10.1. The van der Waals surface area contributed by atoms with E-state index in [0.717, 1.165) is 6.42 Å². The van der Waals surface area contributed by atoms with Crippen LogP contribution in [0.3, 0.4) is 0 Å². The van der Waals surface area contributed by atoms with E-state index in [2.05, 4.69) is 13.2 Å². The Hall–Kier alpha value is -2.68. The number of carbonyl (C=O) groups excluding carboxylic acids is 3. The summed E-state index contributed by atoms with van der Waals surface area (Å²) in [6.07, 6.45) is 7.31.